The summed E-state index contributed by atoms with van der Waals surface area (Å²) >= 11 is 0. The highest BCUT2D eigenvalue weighted by molar-refractivity contribution is 5.70. The summed E-state index contributed by atoms with van der Waals surface area (Å²) in [5.74, 6) is -1.63. The van der Waals surface area contributed by atoms with Crippen LogP contribution in [0.2, 0.25) is 0 Å². The van der Waals surface area contributed by atoms with Crippen molar-refractivity contribution in [3.63, 3.8) is 0 Å². The molecule has 0 aromatic heterocycles. The van der Waals surface area contributed by atoms with Crippen LogP contribution in [0.15, 0.2) is 36.4 Å². The first-order valence-electron chi connectivity index (χ1n) is 18.9. The summed E-state index contributed by atoms with van der Waals surface area (Å²) in [6.45, 7) is 21.4. The molecule has 0 bridgehead atoms. The van der Waals surface area contributed by atoms with Gasteiger partial charge in [-0.1, -0.05) is 27.7 Å². The van der Waals surface area contributed by atoms with Crippen molar-refractivity contribution in [2.75, 3.05) is 7.11 Å². The number of likely N-dealkylation sites (tertiary alicyclic amines) is 2. The van der Waals surface area contributed by atoms with Crippen LogP contribution in [-0.4, -0.2) is 64.7 Å². The Morgan fingerprint density at radius 2 is 1.00 bits per heavy atom. The molecule has 7 nitrogen and oxygen atoms in total. The molecule has 0 N–H and O–H groups in total. The third-order valence-corrected chi connectivity index (χ3v) is 10.5. The van der Waals surface area contributed by atoms with Gasteiger partial charge in [0, 0.05) is 37.4 Å². The van der Waals surface area contributed by atoms with E-state index < -0.39 is 34.5 Å². The van der Waals surface area contributed by atoms with Crippen molar-refractivity contribution in [3.05, 3.63) is 70.8 Å². The fourth-order valence-corrected chi connectivity index (χ4v) is 7.61. The number of carbonyl (C=O) groups is 2. The largest absolute Gasteiger partial charge is 0.444 e. The smallest absolute Gasteiger partial charge is 0.412 e. The minimum atomic E-state index is -0.587. The standard InChI is InChI=1S/C21H31F2NO3.C21H31F2NO2/c1-13(9-15-10-16(22)12-17(23)11-15)14(2)18-7-8-19(26-6)24(18)20(25)27-21(3,4)5;1-13(9-16-10-17(22)12-18(23)11-16)15(3)19-8-7-14(2)24(19)20(25)26-21(4,5)6/h10-14,18-19H,7-9H2,1-6H3;10-15,19H,7-9H2,1-6H3/t13-,14-,18+,19?;13-,14?,15-,19+/m00/s1. The Labute approximate surface area is 314 Å². The lowest BCUT2D eigenvalue weighted by atomic mass is 9.83. The van der Waals surface area contributed by atoms with Crippen LogP contribution in [-0.2, 0) is 27.1 Å². The van der Waals surface area contributed by atoms with Gasteiger partial charge in [0.05, 0.1) is 0 Å². The van der Waals surface area contributed by atoms with Gasteiger partial charge in [0.2, 0.25) is 0 Å². The highest BCUT2D eigenvalue weighted by Gasteiger charge is 2.43. The van der Waals surface area contributed by atoms with Gasteiger partial charge in [0.15, 0.2) is 0 Å². The molecule has 0 spiro atoms. The molecule has 2 unspecified atom stereocenters. The summed E-state index contributed by atoms with van der Waals surface area (Å²) < 4.78 is 70.5. The highest BCUT2D eigenvalue weighted by atomic mass is 19.1. The van der Waals surface area contributed by atoms with Crippen molar-refractivity contribution in [2.24, 2.45) is 23.7 Å². The number of carbonyl (C=O) groups excluding carboxylic acids is 2. The van der Waals surface area contributed by atoms with Gasteiger partial charge in [-0.3, -0.25) is 4.90 Å². The zero-order valence-corrected chi connectivity index (χ0v) is 33.8. The molecule has 2 saturated heterocycles. The SMILES string of the molecule is CC1CC[C@H]([C@@H](C)[C@@H](C)Cc2cc(F)cc(F)c2)N1C(=O)OC(C)(C)C.COC1CC[C@H]([C@@H](C)[C@@H](C)Cc2cc(F)cc(F)c2)N1C(=O)OC(C)(C)C. The average Bonchev–Trinajstić information content (AvgIpc) is 3.61. The van der Waals surface area contributed by atoms with Gasteiger partial charge in [-0.25, -0.2) is 27.2 Å². The minimum Gasteiger partial charge on any atom is -0.444 e. The molecule has 2 amide bonds. The van der Waals surface area contributed by atoms with Crippen molar-refractivity contribution in [1.82, 2.24) is 9.80 Å². The summed E-state index contributed by atoms with van der Waals surface area (Å²) in [5.41, 5.74) is 0.155. The minimum absolute atomic E-state index is 0.0433. The topological polar surface area (TPSA) is 68.3 Å². The monoisotopic (exact) mass is 750 g/mol. The van der Waals surface area contributed by atoms with Gasteiger partial charge in [-0.15, -0.1) is 0 Å². The number of nitrogens with zero attached hydrogens (tertiary/aromatic N) is 2. The molecule has 2 aliphatic heterocycles. The molecule has 2 aromatic carbocycles. The molecule has 4 rings (SSSR count). The fourth-order valence-electron chi connectivity index (χ4n) is 7.61. The fraction of sp³-hybridized carbons (Fsp3) is 0.667. The first kappa shape index (κ1) is 44.1. The molecule has 2 aliphatic rings. The number of amides is 2. The molecule has 53 heavy (non-hydrogen) atoms. The van der Waals surface area contributed by atoms with E-state index in [4.69, 9.17) is 14.2 Å². The molecule has 298 valence electrons. The van der Waals surface area contributed by atoms with Crippen LogP contribution in [0.4, 0.5) is 27.2 Å². The lowest BCUT2D eigenvalue weighted by Crippen LogP contribution is -2.48. The third kappa shape index (κ3) is 12.9. The van der Waals surface area contributed by atoms with E-state index in [-0.39, 0.29) is 60.2 Å². The quantitative estimate of drug-likeness (QED) is 0.239. The normalized spacial score (nSPS) is 22.8. The van der Waals surface area contributed by atoms with Crippen molar-refractivity contribution in [3.8, 4) is 0 Å². The van der Waals surface area contributed by atoms with E-state index in [1.807, 2.05) is 60.3 Å². The Morgan fingerprint density at radius 1 is 0.642 bits per heavy atom. The molecule has 0 saturated carbocycles. The van der Waals surface area contributed by atoms with Crippen molar-refractivity contribution in [1.29, 1.82) is 0 Å². The Hall–Kier alpha value is -3.34. The maximum atomic E-state index is 13.5. The van der Waals surface area contributed by atoms with E-state index in [1.54, 1.807) is 12.0 Å². The zero-order valence-electron chi connectivity index (χ0n) is 33.8. The first-order valence-corrected chi connectivity index (χ1v) is 18.9. The second-order valence-electron chi connectivity index (χ2n) is 17.2. The summed E-state index contributed by atoms with van der Waals surface area (Å²) in [5, 5.41) is 0. The molecular formula is C42H62F4N2O5. The average molecular weight is 751 g/mol. The molecule has 2 aromatic rings. The van der Waals surface area contributed by atoms with E-state index in [2.05, 4.69) is 20.8 Å². The van der Waals surface area contributed by atoms with E-state index >= 15 is 0 Å². The molecule has 0 aliphatic carbocycles. The summed E-state index contributed by atoms with van der Waals surface area (Å²) in [4.78, 5) is 29.0. The Bertz CT molecular complexity index is 1490. The van der Waals surface area contributed by atoms with Crippen molar-refractivity contribution < 1.29 is 41.4 Å². The van der Waals surface area contributed by atoms with E-state index in [0.717, 1.165) is 37.8 Å². The van der Waals surface area contributed by atoms with E-state index in [1.165, 1.54) is 24.3 Å². The third-order valence-electron chi connectivity index (χ3n) is 10.5. The molecule has 11 heteroatoms. The Morgan fingerprint density at radius 3 is 1.38 bits per heavy atom. The molecular weight excluding hydrogens is 688 g/mol. The van der Waals surface area contributed by atoms with Crippen LogP contribution < -0.4 is 0 Å². The maximum Gasteiger partial charge on any atom is 0.412 e. The van der Waals surface area contributed by atoms with Crippen LogP contribution >= 0.6 is 0 Å². The number of ether oxygens (including phenoxy) is 3. The van der Waals surface area contributed by atoms with E-state index in [0.29, 0.717) is 24.0 Å². The van der Waals surface area contributed by atoms with Crippen LogP contribution in [0.5, 0.6) is 0 Å². The predicted molar refractivity (Wildman–Crippen MR) is 199 cm³/mol. The van der Waals surface area contributed by atoms with Crippen LogP contribution in [0.25, 0.3) is 0 Å². The second-order valence-corrected chi connectivity index (χ2v) is 17.2. The molecule has 2 heterocycles. The van der Waals surface area contributed by atoms with Crippen molar-refractivity contribution >= 4 is 12.2 Å². The Balaban J connectivity index is 0.000000286. The van der Waals surface area contributed by atoms with Gasteiger partial charge in [-0.05, 0) is 146 Å². The zero-order chi connectivity index (χ0) is 40.0. The predicted octanol–water partition coefficient (Wildman–Crippen LogP) is 10.7. The van der Waals surface area contributed by atoms with Gasteiger partial charge in [0.25, 0.3) is 0 Å². The number of rotatable bonds is 9. The van der Waals surface area contributed by atoms with Crippen LogP contribution in [0.3, 0.4) is 0 Å². The highest BCUT2D eigenvalue weighted by Crippen LogP contribution is 2.37. The number of hydrogen-bond donors (Lipinski definition) is 0. The van der Waals surface area contributed by atoms with Crippen molar-refractivity contribution in [2.45, 2.75) is 150 Å². The van der Waals surface area contributed by atoms with Crippen LogP contribution in [0, 0.1) is 46.9 Å². The summed E-state index contributed by atoms with van der Waals surface area (Å²) in [7, 11) is 1.59. The van der Waals surface area contributed by atoms with Gasteiger partial charge >= 0.3 is 12.2 Å². The second kappa shape index (κ2) is 18.3. The number of benzene rings is 2. The summed E-state index contributed by atoms with van der Waals surface area (Å²) in [6.07, 6.45) is 3.54. The Kier molecular flexibility index (Phi) is 15.2. The summed E-state index contributed by atoms with van der Waals surface area (Å²) in [6, 6.07) is 7.43. The first-order chi connectivity index (χ1) is 24.5. The van der Waals surface area contributed by atoms with Gasteiger partial charge in [-0.2, -0.15) is 0 Å². The maximum absolute atomic E-state index is 13.5. The van der Waals surface area contributed by atoms with Gasteiger partial charge < -0.3 is 19.1 Å². The van der Waals surface area contributed by atoms with E-state index in [9.17, 15) is 27.2 Å². The lowest BCUT2D eigenvalue weighted by molar-refractivity contribution is -0.0498. The molecule has 8 atom stereocenters. The van der Waals surface area contributed by atoms with Gasteiger partial charge in [0.1, 0.15) is 40.7 Å². The number of halogens is 4. The number of hydrogen-bond acceptors (Lipinski definition) is 5. The van der Waals surface area contributed by atoms with Crippen LogP contribution in [0.1, 0.15) is 113 Å². The number of methoxy groups -OCH3 is 1. The molecule has 0 radical (unpaired) electrons. The molecule has 2 fully saturated rings. The lowest BCUT2D eigenvalue weighted by Gasteiger charge is -2.36.